The maximum atomic E-state index is 9.12. The van der Waals surface area contributed by atoms with Crippen LogP contribution in [0.5, 0.6) is 5.88 Å². The summed E-state index contributed by atoms with van der Waals surface area (Å²) in [4.78, 5) is 6.60. The van der Waals surface area contributed by atoms with Crippen molar-refractivity contribution in [1.82, 2.24) is 9.88 Å². The quantitative estimate of drug-likeness (QED) is 0.742. The molecule has 18 heavy (non-hydrogen) atoms. The van der Waals surface area contributed by atoms with Gasteiger partial charge in [0.1, 0.15) is 11.6 Å². The number of rotatable bonds is 5. The Labute approximate surface area is 108 Å². The third kappa shape index (κ3) is 2.99. The fraction of sp³-hybridized carbons (Fsp3) is 0.571. The van der Waals surface area contributed by atoms with Crippen LogP contribution in [0.1, 0.15) is 29.7 Å². The monoisotopic (exact) mass is 245 g/mol. The maximum Gasteiger partial charge on any atom is 0.231 e. The van der Waals surface area contributed by atoms with Gasteiger partial charge >= 0.3 is 0 Å². The van der Waals surface area contributed by atoms with E-state index in [0.717, 1.165) is 37.9 Å². The Kier molecular flexibility index (Phi) is 4.16. The third-order valence-electron chi connectivity index (χ3n) is 3.12. The molecule has 0 fully saturated rings. The zero-order chi connectivity index (χ0) is 13.0. The smallest absolute Gasteiger partial charge is 0.231 e. The molecule has 0 atom stereocenters. The highest BCUT2D eigenvalue weighted by Gasteiger charge is 2.17. The zero-order valence-electron chi connectivity index (χ0n) is 11.1. The number of nitriles is 1. The molecule has 1 aliphatic rings. The van der Waals surface area contributed by atoms with E-state index in [1.54, 1.807) is 0 Å². The summed E-state index contributed by atoms with van der Waals surface area (Å²) >= 11 is 0. The molecule has 4 heteroatoms. The molecule has 0 aliphatic heterocycles. The molecule has 0 radical (unpaired) electrons. The number of hydrogen-bond donors (Lipinski definition) is 0. The van der Waals surface area contributed by atoms with E-state index < -0.39 is 0 Å². The van der Waals surface area contributed by atoms with E-state index in [2.05, 4.69) is 16.0 Å². The van der Waals surface area contributed by atoms with E-state index in [1.807, 2.05) is 20.2 Å². The second-order valence-corrected chi connectivity index (χ2v) is 4.92. The van der Waals surface area contributed by atoms with Crippen LogP contribution in [0.4, 0.5) is 0 Å². The van der Waals surface area contributed by atoms with Crippen LogP contribution in [0, 0.1) is 11.3 Å². The molecule has 1 aromatic rings. The average Bonchev–Trinajstić information content (AvgIpc) is 2.80. The molecule has 4 nitrogen and oxygen atoms in total. The fourth-order valence-electron chi connectivity index (χ4n) is 2.19. The molecular formula is C14H19N3O. The van der Waals surface area contributed by atoms with Gasteiger partial charge in [-0.3, -0.25) is 0 Å². The van der Waals surface area contributed by atoms with Gasteiger partial charge in [0.2, 0.25) is 5.88 Å². The number of ether oxygens (including phenoxy) is 1. The van der Waals surface area contributed by atoms with Crippen LogP contribution in [0.3, 0.4) is 0 Å². The molecule has 96 valence electrons. The first-order valence-electron chi connectivity index (χ1n) is 6.41. The Morgan fingerprint density at radius 3 is 3.00 bits per heavy atom. The molecule has 1 aliphatic carbocycles. The number of nitrogens with zero attached hydrogens (tertiary/aromatic N) is 3. The number of hydrogen-bond acceptors (Lipinski definition) is 4. The van der Waals surface area contributed by atoms with Gasteiger partial charge in [0.05, 0.1) is 6.61 Å². The Morgan fingerprint density at radius 1 is 1.44 bits per heavy atom. The third-order valence-corrected chi connectivity index (χ3v) is 3.12. The first-order valence-corrected chi connectivity index (χ1v) is 6.41. The maximum absolute atomic E-state index is 9.12. The normalized spacial score (nSPS) is 13.4. The van der Waals surface area contributed by atoms with Gasteiger partial charge in [-0.25, -0.2) is 4.98 Å². The first-order chi connectivity index (χ1) is 8.70. The zero-order valence-corrected chi connectivity index (χ0v) is 11.1. The van der Waals surface area contributed by atoms with Crippen LogP contribution >= 0.6 is 0 Å². The molecule has 0 unspecified atom stereocenters. The van der Waals surface area contributed by atoms with E-state index in [1.165, 1.54) is 5.56 Å². The molecule has 0 spiro atoms. The summed E-state index contributed by atoms with van der Waals surface area (Å²) in [6.07, 6.45) is 4.13. The molecule has 0 saturated carbocycles. The lowest BCUT2D eigenvalue weighted by atomic mass is 10.1. The van der Waals surface area contributed by atoms with Crippen LogP contribution in [0.15, 0.2) is 6.07 Å². The highest BCUT2D eigenvalue weighted by Crippen LogP contribution is 2.26. The highest BCUT2D eigenvalue weighted by atomic mass is 16.5. The van der Waals surface area contributed by atoms with E-state index in [-0.39, 0.29) is 0 Å². The molecule has 0 amide bonds. The van der Waals surface area contributed by atoms with Crippen molar-refractivity contribution < 1.29 is 4.74 Å². The number of pyridine rings is 1. The van der Waals surface area contributed by atoms with Crippen LogP contribution in [-0.2, 0) is 12.8 Å². The summed E-state index contributed by atoms with van der Waals surface area (Å²) in [5, 5.41) is 9.12. The van der Waals surface area contributed by atoms with Crippen molar-refractivity contribution in [3.05, 3.63) is 22.9 Å². The standard InChI is InChI=1S/C14H19N3O/c1-17(2)7-4-8-18-14-12(10-15)9-11-5-3-6-13(11)16-14/h9H,3-8H2,1-2H3. The van der Waals surface area contributed by atoms with Crippen molar-refractivity contribution in [3.8, 4) is 11.9 Å². The van der Waals surface area contributed by atoms with Gasteiger partial charge in [0.25, 0.3) is 0 Å². The van der Waals surface area contributed by atoms with E-state index in [9.17, 15) is 0 Å². The second-order valence-electron chi connectivity index (χ2n) is 4.92. The van der Waals surface area contributed by atoms with E-state index in [0.29, 0.717) is 18.1 Å². The lowest BCUT2D eigenvalue weighted by Crippen LogP contribution is -2.16. The van der Waals surface area contributed by atoms with Crippen LogP contribution in [-0.4, -0.2) is 37.1 Å². The minimum atomic E-state index is 0.511. The lowest BCUT2D eigenvalue weighted by Gasteiger charge is -2.11. The van der Waals surface area contributed by atoms with Gasteiger partial charge in [0.15, 0.2) is 0 Å². The van der Waals surface area contributed by atoms with E-state index in [4.69, 9.17) is 10.00 Å². The second kappa shape index (κ2) is 5.83. The van der Waals surface area contributed by atoms with Crippen LogP contribution in [0.25, 0.3) is 0 Å². The largest absolute Gasteiger partial charge is 0.477 e. The number of aromatic nitrogens is 1. The van der Waals surface area contributed by atoms with Crippen molar-refractivity contribution in [2.45, 2.75) is 25.7 Å². The summed E-state index contributed by atoms with van der Waals surface area (Å²) in [5.74, 6) is 0.511. The molecule has 0 aromatic carbocycles. The molecule has 0 N–H and O–H groups in total. The summed E-state index contributed by atoms with van der Waals surface area (Å²) in [5.41, 5.74) is 2.89. The minimum absolute atomic E-state index is 0.511. The topological polar surface area (TPSA) is 49.1 Å². The van der Waals surface area contributed by atoms with Crippen molar-refractivity contribution in [3.63, 3.8) is 0 Å². The van der Waals surface area contributed by atoms with Crippen molar-refractivity contribution >= 4 is 0 Å². The summed E-state index contributed by atoms with van der Waals surface area (Å²) in [7, 11) is 4.07. The summed E-state index contributed by atoms with van der Waals surface area (Å²) < 4.78 is 5.64. The highest BCUT2D eigenvalue weighted by molar-refractivity contribution is 5.44. The minimum Gasteiger partial charge on any atom is -0.477 e. The van der Waals surface area contributed by atoms with Gasteiger partial charge in [-0.2, -0.15) is 5.26 Å². The number of fused-ring (bicyclic) bond motifs is 1. The van der Waals surface area contributed by atoms with Crippen LogP contribution in [0.2, 0.25) is 0 Å². The Hall–Kier alpha value is -1.60. The average molecular weight is 245 g/mol. The molecular weight excluding hydrogens is 226 g/mol. The Morgan fingerprint density at radius 2 is 2.28 bits per heavy atom. The van der Waals surface area contributed by atoms with Gasteiger partial charge < -0.3 is 9.64 Å². The molecule has 2 rings (SSSR count). The predicted octanol–water partition coefficient (Wildman–Crippen LogP) is 1.77. The first kappa shape index (κ1) is 12.8. The van der Waals surface area contributed by atoms with Crippen molar-refractivity contribution in [1.29, 1.82) is 5.26 Å². The molecule has 0 saturated heterocycles. The summed E-state index contributed by atoms with van der Waals surface area (Å²) in [6, 6.07) is 4.12. The SMILES string of the molecule is CN(C)CCCOc1nc2c(cc1C#N)CCC2. The van der Waals surface area contributed by atoms with Gasteiger partial charge in [0, 0.05) is 12.2 Å². The Balaban J connectivity index is 2.01. The van der Waals surface area contributed by atoms with Crippen molar-refractivity contribution in [2.75, 3.05) is 27.2 Å². The molecule has 1 heterocycles. The van der Waals surface area contributed by atoms with Gasteiger partial charge in [-0.1, -0.05) is 0 Å². The molecule has 0 bridgehead atoms. The van der Waals surface area contributed by atoms with E-state index >= 15 is 0 Å². The molecule has 1 aromatic heterocycles. The van der Waals surface area contributed by atoms with Gasteiger partial charge in [-0.15, -0.1) is 0 Å². The van der Waals surface area contributed by atoms with Gasteiger partial charge in [-0.05, 0) is 51.4 Å². The lowest BCUT2D eigenvalue weighted by molar-refractivity contribution is 0.272. The van der Waals surface area contributed by atoms with Crippen LogP contribution < -0.4 is 4.74 Å². The summed E-state index contributed by atoms with van der Waals surface area (Å²) in [6.45, 7) is 1.59. The van der Waals surface area contributed by atoms with Crippen molar-refractivity contribution in [2.24, 2.45) is 0 Å². The number of aryl methyl sites for hydroxylation is 2. The Bertz CT molecular complexity index is 463. The fourth-order valence-corrected chi connectivity index (χ4v) is 2.19. The predicted molar refractivity (Wildman–Crippen MR) is 69.6 cm³/mol.